The van der Waals surface area contributed by atoms with E-state index in [4.69, 9.17) is 0 Å². The van der Waals surface area contributed by atoms with Gasteiger partial charge >= 0.3 is 0 Å². The van der Waals surface area contributed by atoms with Gasteiger partial charge in [-0.1, -0.05) is 17.7 Å². The first-order valence-electron chi connectivity index (χ1n) is 19.8. The first kappa shape index (κ1) is 33.2. The molecule has 6 aromatic rings. The maximum Gasteiger partial charge on any atom is 0.0970 e. The predicted molar refractivity (Wildman–Crippen MR) is 208 cm³/mol. The van der Waals surface area contributed by atoms with Crippen molar-refractivity contribution in [1.29, 1.82) is 0 Å². The lowest BCUT2D eigenvalue weighted by molar-refractivity contribution is 0.0867. The Bertz CT molecular complexity index is 2280. The van der Waals surface area contributed by atoms with Gasteiger partial charge in [0.1, 0.15) is 0 Å². The summed E-state index contributed by atoms with van der Waals surface area (Å²) in [5.74, 6) is 0.614. The first-order chi connectivity index (χ1) is 26.0. The first-order valence-corrected chi connectivity index (χ1v) is 19.8. The van der Waals surface area contributed by atoms with Crippen molar-refractivity contribution in [3.8, 4) is 0 Å². The molecule has 0 spiro atoms. The van der Waals surface area contributed by atoms with Crippen molar-refractivity contribution in [2.45, 2.75) is 102 Å². The summed E-state index contributed by atoms with van der Waals surface area (Å²) in [7, 11) is 0. The summed E-state index contributed by atoms with van der Waals surface area (Å²) in [6.07, 6.45) is 14.1. The van der Waals surface area contributed by atoms with Gasteiger partial charge in [0.15, 0.2) is 0 Å². The summed E-state index contributed by atoms with van der Waals surface area (Å²) in [5.41, 5.74) is 12.8. The number of pyridine rings is 2. The van der Waals surface area contributed by atoms with Crippen molar-refractivity contribution < 1.29 is 10.2 Å². The minimum Gasteiger partial charge on any atom is -0.387 e. The topological polar surface area (TPSA) is 82.6 Å². The zero-order chi connectivity index (χ0) is 35.6. The fourth-order valence-electron chi connectivity index (χ4n) is 10.5. The molecular formula is C45H50N6O2. The maximum absolute atomic E-state index is 11.3. The molecule has 5 atom stereocenters. The summed E-state index contributed by atoms with van der Waals surface area (Å²) >= 11 is 0. The van der Waals surface area contributed by atoms with Gasteiger partial charge in [-0.25, -0.2) is 0 Å². The van der Waals surface area contributed by atoms with Crippen LogP contribution in [0, 0.1) is 12.8 Å². The second kappa shape index (κ2) is 13.5. The van der Waals surface area contributed by atoms with Crippen LogP contribution in [0.5, 0.6) is 0 Å². The molecule has 5 unspecified atom stereocenters. The summed E-state index contributed by atoms with van der Waals surface area (Å²) in [4.78, 5) is 13.8. The molecule has 4 aliphatic rings. The molecule has 0 bridgehead atoms. The zero-order valence-electron chi connectivity index (χ0n) is 30.7. The van der Waals surface area contributed by atoms with E-state index < -0.39 is 12.2 Å². The van der Waals surface area contributed by atoms with Crippen LogP contribution in [-0.2, 0) is 45.4 Å². The van der Waals surface area contributed by atoms with Gasteiger partial charge in [0.25, 0.3) is 0 Å². The number of aryl methyl sites for hydroxylation is 1. The Hall–Kier alpha value is -4.34. The van der Waals surface area contributed by atoms with E-state index in [1.165, 1.54) is 87.7 Å². The zero-order valence-corrected chi connectivity index (χ0v) is 30.7. The highest BCUT2D eigenvalue weighted by Crippen LogP contribution is 2.41. The molecule has 53 heavy (non-hydrogen) atoms. The average molecular weight is 707 g/mol. The van der Waals surface area contributed by atoms with E-state index in [1.807, 2.05) is 24.3 Å². The summed E-state index contributed by atoms with van der Waals surface area (Å²) in [6, 6.07) is 22.9. The molecule has 4 aliphatic heterocycles. The molecular weight excluding hydrogens is 657 g/mol. The Kier molecular flexibility index (Phi) is 8.47. The Labute approximate surface area is 311 Å². The molecule has 2 N–H and O–H groups in total. The van der Waals surface area contributed by atoms with Gasteiger partial charge < -0.3 is 19.3 Å². The average Bonchev–Trinajstić information content (AvgIpc) is 3.86. The van der Waals surface area contributed by atoms with Crippen molar-refractivity contribution in [2.75, 3.05) is 13.1 Å². The number of benzene rings is 2. The van der Waals surface area contributed by atoms with Crippen LogP contribution in [0.25, 0.3) is 21.8 Å². The number of fused-ring (bicyclic) bond motifs is 8. The minimum absolute atomic E-state index is 0.532. The monoisotopic (exact) mass is 706 g/mol. The number of aliphatic hydroxyl groups excluding tert-OH is 2. The standard InChI is InChI=1S/C45H50N6O2/c1-29-4-8-40-36(19-29)39-26-49-24-31(5-7-35(49)23-43(39)50(40)27-44(52)32-10-14-46-15-11-32)20-30-6-9-41-37(21-30)38-25-48-18-2-3-34(48)22-42(38)51(41)28-45(53)33-12-16-47-17-13-33/h4,6,8-17,19,21,31,34-35,44-45,52-53H,2-3,5,7,18,20,22-28H2,1H3. The molecule has 2 saturated heterocycles. The molecule has 10 rings (SSSR count). The van der Waals surface area contributed by atoms with E-state index in [0.29, 0.717) is 31.1 Å². The fraction of sp³-hybridized carbons (Fsp3) is 0.422. The number of aromatic nitrogens is 4. The van der Waals surface area contributed by atoms with Crippen LogP contribution in [0.15, 0.2) is 85.5 Å². The molecule has 0 amide bonds. The third-order valence-electron chi connectivity index (χ3n) is 13.2. The molecule has 0 saturated carbocycles. The SMILES string of the molecule is Cc1ccc2c(c1)c1c(n2CC(O)c2ccncc2)CC2CCC(Cc3ccc4c(c3)c3c(n4CC(O)c4ccncc4)CC4CCCN4C3)CN2C1. The van der Waals surface area contributed by atoms with E-state index in [2.05, 4.69) is 72.2 Å². The molecule has 2 fully saturated rings. The highest BCUT2D eigenvalue weighted by Gasteiger charge is 2.37. The number of aliphatic hydroxyl groups is 2. The van der Waals surface area contributed by atoms with Gasteiger partial charge in [-0.05, 0) is 128 Å². The fourth-order valence-corrected chi connectivity index (χ4v) is 10.5. The normalized spacial score (nSPS) is 22.7. The molecule has 272 valence electrons. The van der Waals surface area contributed by atoms with Crippen LogP contribution < -0.4 is 0 Å². The maximum atomic E-state index is 11.3. The Balaban J connectivity index is 0.913. The van der Waals surface area contributed by atoms with Crippen LogP contribution in [-0.4, -0.2) is 64.3 Å². The second-order valence-electron chi connectivity index (χ2n) is 16.4. The molecule has 0 radical (unpaired) electrons. The van der Waals surface area contributed by atoms with Crippen molar-refractivity contribution in [3.05, 3.63) is 130 Å². The van der Waals surface area contributed by atoms with Gasteiger partial charge in [-0.3, -0.25) is 19.8 Å². The quantitative estimate of drug-likeness (QED) is 0.177. The van der Waals surface area contributed by atoms with E-state index >= 15 is 0 Å². The van der Waals surface area contributed by atoms with Crippen molar-refractivity contribution in [1.82, 2.24) is 28.9 Å². The van der Waals surface area contributed by atoms with E-state index in [0.717, 1.165) is 50.0 Å². The Morgan fingerprint density at radius 3 is 1.92 bits per heavy atom. The number of piperidine rings is 1. The van der Waals surface area contributed by atoms with Crippen molar-refractivity contribution >= 4 is 21.8 Å². The molecule has 0 aliphatic carbocycles. The number of nitrogens with zero attached hydrogens (tertiary/aromatic N) is 6. The number of rotatable bonds is 8. The van der Waals surface area contributed by atoms with Gasteiger partial charge in [-0.15, -0.1) is 0 Å². The lowest BCUT2D eigenvalue weighted by atomic mass is 9.83. The Morgan fingerprint density at radius 1 is 0.679 bits per heavy atom. The molecule has 8 heteroatoms. The number of hydrogen-bond acceptors (Lipinski definition) is 6. The van der Waals surface area contributed by atoms with Gasteiger partial charge in [0.05, 0.1) is 25.3 Å². The molecule has 8 nitrogen and oxygen atoms in total. The van der Waals surface area contributed by atoms with Crippen LogP contribution in [0.4, 0.5) is 0 Å². The van der Waals surface area contributed by atoms with Crippen LogP contribution in [0.2, 0.25) is 0 Å². The lowest BCUT2D eigenvalue weighted by Crippen LogP contribution is -2.47. The predicted octanol–water partition coefficient (Wildman–Crippen LogP) is 7.06. The van der Waals surface area contributed by atoms with Gasteiger partial charge in [0.2, 0.25) is 0 Å². The summed E-state index contributed by atoms with van der Waals surface area (Å²) in [6.45, 7) is 7.62. The van der Waals surface area contributed by atoms with Crippen LogP contribution in [0.3, 0.4) is 0 Å². The summed E-state index contributed by atoms with van der Waals surface area (Å²) in [5, 5.41) is 25.4. The molecule has 8 heterocycles. The molecule has 2 aromatic carbocycles. The van der Waals surface area contributed by atoms with E-state index in [9.17, 15) is 10.2 Å². The third-order valence-corrected chi connectivity index (χ3v) is 13.2. The third kappa shape index (κ3) is 6.00. The van der Waals surface area contributed by atoms with E-state index in [1.54, 1.807) is 24.8 Å². The highest BCUT2D eigenvalue weighted by atomic mass is 16.3. The van der Waals surface area contributed by atoms with Gasteiger partial charge in [-0.2, -0.15) is 0 Å². The second-order valence-corrected chi connectivity index (χ2v) is 16.4. The Morgan fingerprint density at radius 2 is 1.26 bits per heavy atom. The smallest absolute Gasteiger partial charge is 0.0970 e. The highest BCUT2D eigenvalue weighted by molar-refractivity contribution is 5.87. The van der Waals surface area contributed by atoms with E-state index in [-0.39, 0.29) is 0 Å². The van der Waals surface area contributed by atoms with Crippen LogP contribution >= 0.6 is 0 Å². The largest absolute Gasteiger partial charge is 0.387 e. The van der Waals surface area contributed by atoms with Gasteiger partial charge in [0, 0.05) is 103 Å². The lowest BCUT2D eigenvalue weighted by Gasteiger charge is -2.43. The van der Waals surface area contributed by atoms with Crippen molar-refractivity contribution in [2.24, 2.45) is 5.92 Å². The van der Waals surface area contributed by atoms with Crippen LogP contribution in [0.1, 0.15) is 82.7 Å². The molecule has 4 aromatic heterocycles. The van der Waals surface area contributed by atoms with Crippen molar-refractivity contribution in [3.63, 3.8) is 0 Å². The number of hydrogen-bond donors (Lipinski definition) is 2. The summed E-state index contributed by atoms with van der Waals surface area (Å²) < 4.78 is 4.86. The minimum atomic E-state index is -0.573.